The molecule has 1 aliphatic rings. The molecule has 0 saturated carbocycles. The molecule has 0 radical (unpaired) electrons. The van der Waals surface area contributed by atoms with Gasteiger partial charge in [0.25, 0.3) is 0 Å². The van der Waals surface area contributed by atoms with E-state index in [0.717, 1.165) is 56.5 Å². The number of pyridine rings is 2. The van der Waals surface area contributed by atoms with Gasteiger partial charge in [0.15, 0.2) is 0 Å². The van der Waals surface area contributed by atoms with E-state index in [2.05, 4.69) is 43.4 Å². The summed E-state index contributed by atoms with van der Waals surface area (Å²) >= 11 is 7.32. The van der Waals surface area contributed by atoms with Gasteiger partial charge in [0, 0.05) is 48.7 Å². The van der Waals surface area contributed by atoms with Crippen molar-refractivity contribution >= 4 is 51.0 Å². The Hall–Kier alpha value is -2.94. The van der Waals surface area contributed by atoms with Gasteiger partial charge in [0.05, 0.1) is 9.88 Å². The summed E-state index contributed by atoms with van der Waals surface area (Å²) in [6.07, 6.45) is 5.56. The number of nitrogens with zero attached hydrogens (tertiary/aromatic N) is 4. The van der Waals surface area contributed by atoms with Crippen LogP contribution in [0.3, 0.4) is 0 Å². The lowest BCUT2D eigenvalue weighted by atomic mass is 10.1. The third kappa shape index (κ3) is 3.77. The van der Waals surface area contributed by atoms with Crippen molar-refractivity contribution < 1.29 is 0 Å². The van der Waals surface area contributed by atoms with Crippen molar-refractivity contribution in [2.75, 3.05) is 23.3 Å². The number of nitrogens with two attached hydrogens (primary N) is 1. The molecule has 3 N–H and O–H groups in total. The molecule has 0 unspecified atom stereocenters. The number of aromatic nitrogens is 3. The molecular formula is C22H20N6S2. The second-order valence-electron chi connectivity index (χ2n) is 7.40. The van der Waals surface area contributed by atoms with Crippen molar-refractivity contribution in [3.63, 3.8) is 0 Å². The Balaban J connectivity index is 1.38. The summed E-state index contributed by atoms with van der Waals surface area (Å²) < 4.78 is 0. The van der Waals surface area contributed by atoms with Crippen LogP contribution in [0.2, 0.25) is 0 Å². The Labute approximate surface area is 183 Å². The zero-order valence-corrected chi connectivity index (χ0v) is 18.0. The van der Waals surface area contributed by atoms with Crippen LogP contribution < -0.4 is 16.0 Å². The largest absolute Gasteiger partial charge is 0.353 e. The first-order valence-corrected chi connectivity index (χ1v) is 10.9. The Morgan fingerprint density at radius 1 is 1.10 bits per heavy atom. The van der Waals surface area contributed by atoms with E-state index in [1.165, 1.54) is 0 Å². The van der Waals surface area contributed by atoms with Crippen LogP contribution in [0, 0.1) is 6.92 Å². The minimum Gasteiger partial charge on any atom is -0.353 e. The summed E-state index contributed by atoms with van der Waals surface area (Å²) in [4.78, 5) is 17.2. The van der Waals surface area contributed by atoms with Crippen LogP contribution in [0.4, 0.5) is 11.6 Å². The van der Waals surface area contributed by atoms with E-state index < -0.39 is 0 Å². The maximum atomic E-state index is 5.88. The van der Waals surface area contributed by atoms with Crippen LogP contribution in [-0.2, 0) is 0 Å². The Bertz CT molecular complexity index is 1250. The minimum atomic E-state index is 0.223. The summed E-state index contributed by atoms with van der Waals surface area (Å²) in [5.41, 5.74) is 7.94. The highest BCUT2D eigenvalue weighted by molar-refractivity contribution is 7.81. The molecule has 0 spiro atoms. The van der Waals surface area contributed by atoms with E-state index in [-0.39, 0.29) is 6.04 Å². The van der Waals surface area contributed by atoms with Gasteiger partial charge in [-0.15, -0.1) is 11.3 Å². The fraction of sp³-hybridized carbons (Fsp3) is 0.182. The van der Waals surface area contributed by atoms with Gasteiger partial charge < -0.3 is 16.0 Å². The zero-order chi connectivity index (χ0) is 20.7. The van der Waals surface area contributed by atoms with Crippen molar-refractivity contribution in [3.05, 3.63) is 65.6 Å². The number of hydrogen-bond donors (Lipinski definition) is 2. The topological polar surface area (TPSA) is 80.0 Å². The van der Waals surface area contributed by atoms with Crippen LogP contribution in [-0.4, -0.2) is 39.1 Å². The predicted molar refractivity (Wildman–Crippen MR) is 127 cm³/mol. The van der Waals surface area contributed by atoms with E-state index in [1.54, 1.807) is 17.5 Å². The maximum Gasteiger partial charge on any atom is 0.131 e. The number of hydrogen-bond acceptors (Lipinski definition) is 7. The van der Waals surface area contributed by atoms with Gasteiger partial charge in [0.1, 0.15) is 16.6 Å². The molecule has 6 nitrogen and oxygen atoms in total. The number of thiazole rings is 1. The molecule has 0 aliphatic carbocycles. The van der Waals surface area contributed by atoms with Crippen LogP contribution in [0.25, 0.3) is 21.2 Å². The van der Waals surface area contributed by atoms with Crippen molar-refractivity contribution in [1.82, 2.24) is 15.0 Å². The standard InChI is InChI=1S/C22H20N6S2/c1-13-25-10-19(30-13)14-2-3-16-9-26-20(7-17(16)6-14)27-22(29)15-4-5-24-21(8-15)28-11-18(23)12-28/h2-10,18H,11-12,23H2,1H3,(H,26,27,29). The lowest BCUT2D eigenvalue weighted by molar-refractivity contribution is 0.514. The van der Waals surface area contributed by atoms with E-state index in [1.807, 2.05) is 37.5 Å². The van der Waals surface area contributed by atoms with Crippen molar-refractivity contribution in [2.45, 2.75) is 13.0 Å². The average molecular weight is 433 g/mol. The fourth-order valence-corrected chi connectivity index (χ4v) is 4.48. The third-order valence-electron chi connectivity index (χ3n) is 5.11. The summed E-state index contributed by atoms with van der Waals surface area (Å²) in [6.45, 7) is 3.66. The predicted octanol–water partition coefficient (Wildman–Crippen LogP) is 4.00. The maximum absolute atomic E-state index is 5.88. The lowest BCUT2D eigenvalue weighted by Crippen LogP contribution is -2.56. The molecule has 30 heavy (non-hydrogen) atoms. The first-order chi connectivity index (χ1) is 14.5. The van der Waals surface area contributed by atoms with E-state index in [4.69, 9.17) is 18.0 Å². The Morgan fingerprint density at radius 3 is 2.73 bits per heavy atom. The number of rotatable bonds is 4. The van der Waals surface area contributed by atoms with Crippen LogP contribution in [0.5, 0.6) is 0 Å². The normalized spacial score (nSPS) is 14.0. The molecule has 0 amide bonds. The number of thiocarbonyl (C=S) groups is 1. The highest BCUT2D eigenvalue weighted by atomic mass is 32.1. The van der Waals surface area contributed by atoms with E-state index in [0.29, 0.717) is 4.99 Å². The molecule has 3 aromatic heterocycles. The molecule has 4 aromatic rings. The highest BCUT2D eigenvalue weighted by Gasteiger charge is 2.24. The van der Waals surface area contributed by atoms with Gasteiger partial charge in [0.2, 0.25) is 0 Å². The molecule has 1 aromatic carbocycles. The SMILES string of the molecule is Cc1ncc(-c2ccc3cnc(NC(=S)c4ccnc(N5CC(N)C5)c4)cc3c2)s1. The van der Waals surface area contributed by atoms with Crippen molar-refractivity contribution in [1.29, 1.82) is 0 Å². The average Bonchev–Trinajstić information content (AvgIpc) is 3.17. The third-order valence-corrected chi connectivity index (χ3v) is 6.41. The quantitative estimate of drug-likeness (QED) is 0.472. The zero-order valence-electron chi connectivity index (χ0n) is 16.4. The smallest absolute Gasteiger partial charge is 0.131 e. The monoisotopic (exact) mass is 432 g/mol. The molecular weight excluding hydrogens is 412 g/mol. The summed E-state index contributed by atoms with van der Waals surface area (Å²) in [5, 5.41) is 6.51. The fourth-order valence-electron chi connectivity index (χ4n) is 3.48. The van der Waals surface area contributed by atoms with Crippen molar-refractivity contribution in [2.24, 2.45) is 5.73 Å². The number of anilines is 2. The minimum absolute atomic E-state index is 0.223. The highest BCUT2D eigenvalue weighted by Crippen LogP contribution is 2.29. The van der Waals surface area contributed by atoms with E-state index in [9.17, 15) is 0 Å². The molecule has 0 atom stereocenters. The van der Waals surface area contributed by atoms with Crippen LogP contribution in [0.1, 0.15) is 10.6 Å². The van der Waals surface area contributed by atoms with Gasteiger partial charge in [-0.2, -0.15) is 0 Å². The van der Waals surface area contributed by atoms with E-state index >= 15 is 0 Å². The molecule has 1 fully saturated rings. The number of benzene rings is 1. The summed E-state index contributed by atoms with van der Waals surface area (Å²) in [5.74, 6) is 1.61. The molecule has 1 aliphatic heterocycles. The van der Waals surface area contributed by atoms with Gasteiger partial charge in [-0.25, -0.2) is 15.0 Å². The van der Waals surface area contributed by atoms with Gasteiger partial charge in [-0.1, -0.05) is 24.4 Å². The first kappa shape index (κ1) is 19.0. The van der Waals surface area contributed by atoms with Gasteiger partial charge >= 0.3 is 0 Å². The summed E-state index contributed by atoms with van der Waals surface area (Å²) in [6, 6.07) is 12.5. The molecule has 5 rings (SSSR count). The number of nitrogens with one attached hydrogen (secondary N) is 1. The lowest BCUT2D eigenvalue weighted by Gasteiger charge is -2.37. The molecule has 150 valence electrons. The van der Waals surface area contributed by atoms with Crippen molar-refractivity contribution in [3.8, 4) is 10.4 Å². The molecule has 1 saturated heterocycles. The van der Waals surface area contributed by atoms with Crippen LogP contribution in [0.15, 0.2) is 55.0 Å². The van der Waals surface area contributed by atoms with Crippen LogP contribution >= 0.6 is 23.6 Å². The second kappa shape index (κ2) is 7.71. The summed E-state index contributed by atoms with van der Waals surface area (Å²) in [7, 11) is 0. The molecule has 8 heteroatoms. The molecule has 4 heterocycles. The van der Waals surface area contributed by atoms with Gasteiger partial charge in [-0.3, -0.25) is 0 Å². The van der Waals surface area contributed by atoms with Gasteiger partial charge in [-0.05, 0) is 42.1 Å². The Kier molecular flexibility index (Phi) is 4.90. The number of aryl methyl sites for hydroxylation is 1. The Morgan fingerprint density at radius 2 is 1.97 bits per heavy atom. The molecule has 0 bridgehead atoms. The number of fused-ring (bicyclic) bond motifs is 1. The second-order valence-corrected chi connectivity index (χ2v) is 9.04. The first-order valence-electron chi connectivity index (χ1n) is 9.66.